The highest BCUT2D eigenvalue weighted by Crippen LogP contribution is 2.31. The van der Waals surface area contributed by atoms with Gasteiger partial charge < -0.3 is 5.43 Å². The van der Waals surface area contributed by atoms with Crippen molar-refractivity contribution in [3.05, 3.63) is 53.9 Å². The van der Waals surface area contributed by atoms with Crippen LogP contribution in [0, 0.1) is 0 Å². The van der Waals surface area contributed by atoms with E-state index in [4.69, 9.17) is 0 Å². The van der Waals surface area contributed by atoms with E-state index < -0.39 is 11.7 Å². The summed E-state index contributed by atoms with van der Waals surface area (Å²) in [5.74, 6) is 0. The molecular formula is C14H12F3N3. The van der Waals surface area contributed by atoms with Crippen LogP contribution >= 0.6 is 0 Å². The zero-order valence-corrected chi connectivity index (χ0v) is 10.6. The number of hydrazone groups is 1. The second-order valence-electron chi connectivity index (χ2n) is 4.03. The SMILES string of the molecule is CN/N=C\c1ccc(-c2cccc(C(F)(F)F)c2)cn1. The van der Waals surface area contributed by atoms with Gasteiger partial charge in [-0.1, -0.05) is 18.2 Å². The van der Waals surface area contributed by atoms with Gasteiger partial charge in [-0.25, -0.2) is 0 Å². The molecule has 1 aromatic carbocycles. The summed E-state index contributed by atoms with van der Waals surface area (Å²) in [4.78, 5) is 4.11. The van der Waals surface area contributed by atoms with Crippen molar-refractivity contribution < 1.29 is 13.2 Å². The molecule has 1 aromatic heterocycles. The number of aromatic nitrogens is 1. The number of alkyl halides is 3. The minimum atomic E-state index is -4.34. The molecule has 2 rings (SSSR count). The van der Waals surface area contributed by atoms with E-state index in [0.717, 1.165) is 12.1 Å². The quantitative estimate of drug-likeness (QED) is 0.691. The number of halogens is 3. The fourth-order valence-electron chi connectivity index (χ4n) is 1.66. The molecule has 20 heavy (non-hydrogen) atoms. The smallest absolute Gasteiger partial charge is 0.313 e. The fourth-order valence-corrected chi connectivity index (χ4v) is 1.66. The first-order chi connectivity index (χ1) is 9.50. The molecule has 0 saturated carbocycles. The maximum Gasteiger partial charge on any atom is 0.416 e. The van der Waals surface area contributed by atoms with E-state index in [9.17, 15) is 13.2 Å². The minimum Gasteiger partial charge on any atom is -0.313 e. The normalized spacial score (nSPS) is 11.8. The molecule has 0 unspecified atom stereocenters. The van der Waals surface area contributed by atoms with Crippen molar-refractivity contribution in [1.29, 1.82) is 0 Å². The number of hydrogen-bond acceptors (Lipinski definition) is 3. The average molecular weight is 279 g/mol. The van der Waals surface area contributed by atoms with E-state index in [0.29, 0.717) is 16.8 Å². The van der Waals surface area contributed by atoms with Crippen LogP contribution in [0.15, 0.2) is 47.7 Å². The molecule has 0 fully saturated rings. The first-order valence-electron chi connectivity index (χ1n) is 5.84. The molecule has 0 aliphatic rings. The maximum absolute atomic E-state index is 12.6. The molecule has 0 radical (unpaired) electrons. The standard InChI is InChI=1S/C14H12F3N3/c1-18-20-9-13-6-5-11(8-19-13)10-3-2-4-12(7-10)14(15,16)17/h2-9,18H,1H3/b20-9-. The Morgan fingerprint density at radius 2 is 1.95 bits per heavy atom. The van der Waals surface area contributed by atoms with Crippen molar-refractivity contribution in [3.8, 4) is 11.1 Å². The Morgan fingerprint density at radius 3 is 2.55 bits per heavy atom. The highest BCUT2D eigenvalue weighted by Gasteiger charge is 2.30. The molecule has 1 N–H and O–H groups in total. The van der Waals surface area contributed by atoms with Crippen molar-refractivity contribution in [1.82, 2.24) is 10.4 Å². The molecule has 104 valence electrons. The minimum absolute atomic E-state index is 0.476. The van der Waals surface area contributed by atoms with Gasteiger partial charge in [0.05, 0.1) is 17.5 Å². The third-order valence-electron chi connectivity index (χ3n) is 2.64. The van der Waals surface area contributed by atoms with Gasteiger partial charge in [0.2, 0.25) is 0 Å². The molecule has 0 bridgehead atoms. The Labute approximate surface area is 114 Å². The van der Waals surface area contributed by atoms with Crippen LogP contribution in [0.25, 0.3) is 11.1 Å². The summed E-state index contributed by atoms with van der Waals surface area (Å²) in [6.45, 7) is 0. The number of nitrogens with one attached hydrogen (secondary N) is 1. The first kappa shape index (κ1) is 14.0. The zero-order valence-electron chi connectivity index (χ0n) is 10.6. The Hall–Kier alpha value is -2.37. The van der Waals surface area contributed by atoms with Gasteiger partial charge in [-0.2, -0.15) is 18.3 Å². The van der Waals surface area contributed by atoms with E-state index in [-0.39, 0.29) is 0 Å². The van der Waals surface area contributed by atoms with Crippen LogP contribution < -0.4 is 5.43 Å². The highest BCUT2D eigenvalue weighted by molar-refractivity contribution is 5.77. The largest absolute Gasteiger partial charge is 0.416 e. The number of hydrogen-bond donors (Lipinski definition) is 1. The maximum atomic E-state index is 12.6. The van der Waals surface area contributed by atoms with E-state index in [2.05, 4.69) is 15.5 Å². The van der Waals surface area contributed by atoms with Gasteiger partial charge in [0.1, 0.15) is 0 Å². The molecule has 0 spiro atoms. The second-order valence-corrected chi connectivity index (χ2v) is 4.03. The van der Waals surface area contributed by atoms with Gasteiger partial charge in [-0.3, -0.25) is 4.98 Å². The molecule has 2 aromatic rings. The van der Waals surface area contributed by atoms with Crippen LogP contribution in [0.1, 0.15) is 11.3 Å². The van der Waals surface area contributed by atoms with Gasteiger partial charge in [-0.15, -0.1) is 0 Å². The number of pyridine rings is 1. The molecule has 0 aliphatic carbocycles. The predicted octanol–water partition coefficient (Wildman–Crippen LogP) is 3.32. The zero-order chi connectivity index (χ0) is 14.6. The monoisotopic (exact) mass is 279 g/mol. The number of rotatable bonds is 3. The van der Waals surface area contributed by atoms with Crippen molar-refractivity contribution >= 4 is 6.21 Å². The van der Waals surface area contributed by atoms with E-state index >= 15 is 0 Å². The lowest BCUT2D eigenvalue weighted by Crippen LogP contribution is -2.04. The fraction of sp³-hybridized carbons (Fsp3) is 0.143. The van der Waals surface area contributed by atoms with Crippen molar-refractivity contribution in [2.24, 2.45) is 5.10 Å². The molecule has 6 heteroatoms. The Balaban J connectivity index is 2.30. The summed E-state index contributed by atoms with van der Waals surface area (Å²) in [7, 11) is 1.66. The van der Waals surface area contributed by atoms with Gasteiger partial charge in [0.25, 0.3) is 0 Å². The average Bonchev–Trinajstić information content (AvgIpc) is 2.45. The Kier molecular flexibility index (Phi) is 4.02. The Bertz CT molecular complexity index is 604. The summed E-state index contributed by atoms with van der Waals surface area (Å²) in [5, 5.41) is 3.80. The van der Waals surface area contributed by atoms with Crippen LogP contribution in [0.5, 0.6) is 0 Å². The molecule has 0 saturated heterocycles. The summed E-state index contributed by atoms with van der Waals surface area (Å²) in [5.41, 5.74) is 3.64. The first-order valence-corrected chi connectivity index (χ1v) is 5.84. The highest BCUT2D eigenvalue weighted by atomic mass is 19.4. The molecule has 0 atom stereocenters. The number of benzene rings is 1. The molecular weight excluding hydrogens is 267 g/mol. The molecule has 0 aliphatic heterocycles. The van der Waals surface area contributed by atoms with Crippen LogP contribution in [0.4, 0.5) is 13.2 Å². The van der Waals surface area contributed by atoms with E-state index in [1.54, 1.807) is 25.2 Å². The van der Waals surface area contributed by atoms with Crippen LogP contribution in [0.2, 0.25) is 0 Å². The number of nitrogens with zero attached hydrogens (tertiary/aromatic N) is 2. The van der Waals surface area contributed by atoms with Gasteiger partial charge in [0, 0.05) is 18.8 Å². The summed E-state index contributed by atoms with van der Waals surface area (Å²) >= 11 is 0. The lowest BCUT2D eigenvalue weighted by atomic mass is 10.0. The van der Waals surface area contributed by atoms with E-state index in [1.165, 1.54) is 18.5 Å². The Morgan fingerprint density at radius 1 is 1.15 bits per heavy atom. The third kappa shape index (κ3) is 3.34. The lowest BCUT2D eigenvalue weighted by Gasteiger charge is -2.08. The van der Waals surface area contributed by atoms with Crippen molar-refractivity contribution in [3.63, 3.8) is 0 Å². The molecule has 0 amide bonds. The topological polar surface area (TPSA) is 37.3 Å². The van der Waals surface area contributed by atoms with Crippen LogP contribution in [-0.2, 0) is 6.18 Å². The summed E-state index contributed by atoms with van der Waals surface area (Å²) in [6, 6.07) is 8.56. The van der Waals surface area contributed by atoms with E-state index in [1.807, 2.05) is 0 Å². The van der Waals surface area contributed by atoms with Gasteiger partial charge in [0.15, 0.2) is 0 Å². The summed E-state index contributed by atoms with van der Waals surface area (Å²) in [6.07, 6.45) is -1.30. The van der Waals surface area contributed by atoms with Gasteiger partial charge in [-0.05, 0) is 23.8 Å². The molecule has 3 nitrogen and oxygen atoms in total. The van der Waals surface area contributed by atoms with Crippen LogP contribution in [-0.4, -0.2) is 18.2 Å². The third-order valence-corrected chi connectivity index (χ3v) is 2.64. The summed E-state index contributed by atoms with van der Waals surface area (Å²) < 4.78 is 37.9. The second kappa shape index (κ2) is 5.73. The molecule has 1 heterocycles. The lowest BCUT2D eigenvalue weighted by molar-refractivity contribution is -0.137. The van der Waals surface area contributed by atoms with Crippen molar-refractivity contribution in [2.75, 3.05) is 7.05 Å². The predicted molar refractivity (Wildman–Crippen MR) is 71.3 cm³/mol. The van der Waals surface area contributed by atoms with Crippen LogP contribution in [0.3, 0.4) is 0 Å². The van der Waals surface area contributed by atoms with Crippen molar-refractivity contribution in [2.45, 2.75) is 6.18 Å². The van der Waals surface area contributed by atoms with Gasteiger partial charge >= 0.3 is 6.18 Å².